The molecule has 2 aliphatic rings. The summed E-state index contributed by atoms with van der Waals surface area (Å²) in [7, 11) is 0. The molecule has 8 nitrogen and oxygen atoms in total. The normalized spacial score (nSPS) is 17.3. The van der Waals surface area contributed by atoms with Gasteiger partial charge < -0.3 is 14.4 Å². The summed E-state index contributed by atoms with van der Waals surface area (Å²) in [6.07, 6.45) is 6.78. The number of aromatic nitrogens is 2. The number of ketones is 2. The SMILES string of the molecule is CC(=O)CCC1CCC(Oc2ccc(-c3ccc(N4CCc5cccc(C(=O)Nc6nc7ccccc7s6)c5C4)nc3C(C)=O)c(C)c2)CC1. The van der Waals surface area contributed by atoms with Crippen LogP contribution in [-0.2, 0) is 17.8 Å². The second-order valence-electron chi connectivity index (χ2n) is 13.7. The zero-order valence-corrected chi connectivity index (χ0v) is 29.6. The highest BCUT2D eigenvalue weighted by molar-refractivity contribution is 7.22. The summed E-state index contributed by atoms with van der Waals surface area (Å²) in [5, 5.41) is 3.59. The lowest BCUT2D eigenvalue weighted by molar-refractivity contribution is -0.117. The van der Waals surface area contributed by atoms with E-state index in [1.165, 1.54) is 11.3 Å². The quantitative estimate of drug-likeness (QED) is 0.146. The molecule has 1 saturated carbocycles. The number of benzene rings is 3. The van der Waals surface area contributed by atoms with E-state index in [1.54, 1.807) is 13.8 Å². The zero-order valence-electron chi connectivity index (χ0n) is 28.8. The van der Waals surface area contributed by atoms with E-state index >= 15 is 0 Å². The van der Waals surface area contributed by atoms with Crippen molar-refractivity contribution in [2.24, 2.45) is 5.92 Å². The highest BCUT2D eigenvalue weighted by Crippen LogP contribution is 2.35. The number of hydrogen-bond donors (Lipinski definition) is 1. The first kappa shape index (κ1) is 33.6. The Hall–Kier alpha value is -4.89. The number of aryl methyl sites for hydroxylation is 1. The number of Topliss-reactive ketones (excluding diaryl/α,β-unsaturated/α-hetero) is 2. The number of fused-ring (bicyclic) bond motifs is 2. The molecule has 0 spiro atoms. The van der Waals surface area contributed by atoms with Gasteiger partial charge in [-0.15, -0.1) is 0 Å². The van der Waals surface area contributed by atoms with E-state index in [4.69, 9.17) is 9.72 Å². The van der Waals surface area contributed by atoms with Gasteiger partial charge in [0.05, 0.1) is 16.3 Å². The number of para-hydroxylation sites is 1. The third-order valence-electron chi connectivity index (χ3n) is 10.1. The fraction of sp³-hybridized carbons (Fsp3) is 0.341. The van der Waals surface area contributed by atoms with Crippen molar-refractivity contribution in [2.45, 2.75) is 78.4 Å². The van der Waals surface area contributed by atoms with Crippen LogP contribution in [0.5, 0.6) is 5.75 Å². The van der Waals surface area contributed by atoms with Crippen LogP contribution in [0.15, 0.2) is 72.8 Å². The van der Waals surface area contributed by atoms with Crippen LogP contribution < -0.4 is 15.0 Å². The molecular weight excluding hydrogens is 645 g/mol. The van der Waals surface area contributed by atoms with Gasteiger partial charge in [-0.3, -0.25) is 14.9 Å². The molecule has 0 radical (unpaired) electrons. The van der Waals surface area contributed by atoms with Crippen molar-refractivity contribution in [1.82, 2.24) is 9.97 Å². The van der Waals surface area contributed by atoms with Crippen LogP contribution in [0.1, 0.15) is 89.9 Å². The van der Waals surface area contributed by atoms with Gasteiger partial charge in [0.15, 0.2) is 10.9 Å². The number of hydrogen-bond acceptors (Lipinski definition) is 8. The van der Waals surface area contributed by atoms with Crippen molar-refractivity contribution in [2.75, 3.05) is 16.8 Å². The van der Waals surface area contributed by atoms with E-state index in [2.05, 4.69) is 27.3 Å². The molecule has 5 aromatic rings. The van der Waals surface area contributed by atoms with Crippen molar-refractivity contribution in [3.63, 3.8) is 0 Å². The lowest BCUT2D eigenvalue weighted by Crippen LogP contribution is -2.33. The average Bonchev–Trinajstić information content (AvgIpc) is 3.53. The molecule has 7 rings (SSSR count). The number of anilines is 2. The molecule has 3 heterocycles. The zero-order chi connectivity index (χ0) is 34.8. The van der Waals surface area contributed by atoms with Gasteiger partial charge in [0.1, 0.15) is 23.0 Å². The smallest absolute Gasteiger partial charge is 0.257 e. The number of carbonyl (C=O) groups excluding carboxylic acids is 3. The number of ether oxygens (including phenoxy) is 1. The first-order chi connectivity index (χ1) is 24.2. The summed E-state index contributed by atoms with van der Waals surface area (Å²) >= 11 is 1.46. The number of rotatable bonds is 10. The molecule has 256 valence electrons. The topological polar surface area (TPSA) is 101 Å². The van der Waals surface area contributed by atoms with Crippen molar-refractivity contribution < 1.29 is 19.1 Å². The summed E-state index contributed by atoms with van der Waals surface area (Å²) in [5.41, 5.74) is 6.77. The number of carbonyl (C=O) groups is 3. The molecule has 1 N–H and O–H groups in total. The van der Waals surface area contributed by atoms with E-state index in [0.29, 0.717) is 41.1 Å². The molecule has 1 amide bonds. The number of nitrogens with one attached hydrogen (secondary N) is 1. The Morgan fingerprint density at radius 3 is 2.48 bits per heavy atom. The maximum atomic E-state index is 13.5. The van der Waals surface area contributed by atoms with Gasteiger partial charge in [0.25, 0.3) is 5.91 Å². The first-order valence-electron chi connectivity index (χ1n) is 17.5. The molecule has 9 heteroatoms. The van der Waals surface area contributed by atoms with Gasteiger partial charge >= 0.3 is 0 Å². The number of nitrogens with zero attached hydrogens (tertiary/aromatic N) is 3. The fourth-order valence-corrected chi connectivity index (χ4v) is 8.20. The Morgan fingerprint density at radius 1 is 0.920 bits per heavy atom. The second-order valence-corrected chi connectivity index (χ2v) is 14.7. The van der Waals surface area contributed by atoms with Crippen molar-refractivity contribution in [3.05, 3.63) is 101 Å². The Labute approximate surface area is 296 Å². The molecule has 1 aliphatic heterocycles. The monoisotopic (exact) mass is 686 g/mol. The van der Waals surface area contributed by atoms with Gasteiger partial charge in [-0.25, -0.2) is 9.97 Å². The standard InChI is InChI=1S/C41H42N4O4S/c1-25-23-31(49-30-15-13-28(14-16-30)12-11-26(2)46)17-18-32(25)33-19-20-38(43-39(33)27(3)47)45-22-21-29-7-6-8-34(35(29)24-45)40(48)44-41-42-36-9-4-5-10-37(36)50-41/h4-10,17-20,23,28,30H,11-16,21-22,24H2,1-3H3,(H,42,44,48). The minimum Gasteiger partial charge on any atom is -0.490 e. The number of thiazole rings is 1. The summed E-state index contributed by atoms with van der Waals surface area (Å²) < 4.78 is 7.42. The van der Waals surface area contributed by atoms with E-state index in [0.717, 1.165) is 88.9 Å². The predicted molar refractivity (Wildman–Crippen MR) is 199 cm³/mol. The predicted octanol–water partition coefficient (Wildman–Crippen LogP) is 8.99. The summed E-state index contributed by atoms with van der Waals surface area (Å²) in [6, 6.07) is 23.8. The van der Waals surface area contributed by atoms with Crippen molar-refractivity contribution >= 4 is 50.0 Å². The highest BCUT2D eigenvalue weighted by atomic mass is 32.1. The van der Waals surface area contributed by atoms with Crippen molar-refractivity contribution in [3.8, 4) is 16.9 Å². The van der Waals surface area contributed by atoms with Crippen molar-refractivity contribution in [1.29, 1.82) is 0 Å². The van der Waals surface area contributed by atoms with Gasteiger partial charge in [-0.05, 0) is 123 Å². The van der Waals surface area contributed by atoms with E-state index < -0.39 is 0 Å². The van der Waals surface area contributed by atoms with E-state index in [-0.39, 0.29) is 23.6 Å². The first-order valence-corrected chi connectivity index (χ1v) is 18.3. The maximum Gasteiger partial charge on any atom is 0.257 e. The van der Waals surface area contributed by atoms with Crippen LogP contribution >= 0.6 is 11.3 Å². The van der Waals surface area contributed by atoms with Crippen LogP contribution in [0.3, 0.4) is 0 Å². The van der Waals surface area contributed by atoms with Crippen LogP contribution in [0, 0.1) is 12.8 Å². The molecule has 0 saturated heterocycles. The van der Waals surface area contributed by atoms with Crippen LogP contribution in [0.25, 0.3) is 21.3 Å². The molecular formula is C41H42N4O4S. The third-order valence-corrected chi connectivity index (χ3v) is 11.0. The number of amides is 1. The lowest BCUT2D eigenvalue weighted by Gasteiger charge is -2.31. The maximum absolute atomic E-state index is 13.5. The van der Waals surface area contributed by atoms with Gasteiger partial charge in [-0.1, -0.05) is 41.7 Å². The molecule has 1 fully saturated rings. The Morgan fingerprint density at radius 2 is 1.72 bits per heavy atom. The molecule has 0 bridgehead atoms. The van der Waals surface area contributed by atoms with E-state index in [1.807, 2.05) is 67.6 Å². The summed E-state index contributed by atoms with van der Waals surface area (Å²) in [6.45, 7) is 6.51. The van der Waals surface area contributed by atoms with Crippen LogP contribution in [-0.4, -0.2) is 40.1 Å². The molecule has 0 atom stereocenters. The minimum atomic E-state index is -0.185. The Kier molecular flexibility index (Phi) is 9.76. The Balaban J connectivity index is 1.06. The van der Waals surface area contributed by atoms with Gasteiger partial charge in [0, 0.05) is 37.6 Å². The largest absolute Gasteiger partial charge is 0.490 e. The molecule has 3 aromatic carbocycles. The highest BCUT2D eigenvalue weighted by Gasteiger charge is 2.26. The van der Waals surface area contributed by atoms with Gasteiger partial charge in [0.2, 0.25) is 0 Å². The molecule has 50 heavy (non-hydrogen) atoms. The lowest BCUT2D eigenvalue weighted by atomic mass is 9.84. The van der Waals surface area contributed by atoms with Crippen LogP contribution in [0.2, 0.25) is 0 Å². The minimum absolute atomic E-state index is 0.101. The number of pyridine rings is 1. The summed E-state index contributed by atoms with van der Waals surface area (Å²) in [4.78, 5) is 49.6. The molecule has 0 unspecified atom stereocenters. The average molecular weight is 687 g/mol. The summed E-state index contributed by atoms with van der Waals surface area (Å²) in [5.74, 6) is 2.14. The van der Waals surface area contributed by atoms with E-state index in [9.17, 15) is 14.4 Å². The van der Waals surface area contributed by atoms with Crippen LogP contribution in [0.4, 0.5) is 10.9 Å². The molecule has 1 aliphatic carbocycles. The fourth-order valence-electron chi connectivity index (χ4n) is 7.34. The Bertz CT molecular complexity index is 2050. The molecule has 2 aromatic heterocycles. The van der Waals surface area contributed by atoms with Gasteiger partial charge in [-0.2, -0.15) is 0 Å². The second kappa shape index (κ2) is 14.5. The third kappa shape index (κ3) is 7.33.